The number of nitrogens with zero attached hydrogens (tertiary/aromatic N) is 1. The zero-order valence-electron chi connectivity index (χ0n) is 11.8. The van der Waals surface area contributed by atoms with Crippen molar-refractivity contribution in [1.29, 1.82) is 0 Å². The summed E-state index contributed by atoms with van der Waals surface area (Å²) in [5.74, 6) is 0.109. The molecule has 0 bridgehead atoms. The Morgan fingerprint density at radius 3 is 3.05 bits per heavy atom. The van der Waals surface area contributed by atoms with E-state index in [0.29, 0.717) is 13.1 Å². The van der Waals surface area contributed by atoms with Crippen LogP contribution in [-0.4, -0.2) is 47.8 Å². The molecule has 2 atom stereocenters. The van der Waals surface area contributed by atoms with Crippen molar-refractivity contribution in [2.75, 3.05) is 19.7 Å². The van der Waals surface area contributed by atoms with Gasteiger partial charge in [0, 0.05) is 23.3 Å². The van der Waals surface area contributed by atoms with E-state index in [9.17, 15) is 9.90 Å². The van der Waals surface area contributed by atoms with Gasteiger partial charge in [-0.05, 0) is 38.2 Å². The Bertz CT molecular complexity index is 499. The summed E-state index contributed by atoms with van der Waals surface area (Å²) < 4.78 is 5.60. The maximum absolute atomic E-state index is 12.7. The van der Waals surface area contributed by atoms with Crippen molar-refractivity contribution in [2.45, 2.75) is 44.8 Å². The lowest BCUT2D eigenvalue weighted by molar-refractivity contribution is -0.0858. The minimum Gasteiger partial charge on any atom is -0.394 e. The highest BCUT2D eigenvalue weighted by atomic mass is 32.1. The van der Waals surface area contributed by atoms with Crippen LogP contribution in [0.3, 0.4) is 0 Å². The van der Waals surface area contributed by atoms with Crippen molar-refractivity contribution >= 4 is 17.2 Å². The summed E-state index contributed by atoms with van der Waals surface area (Å²) in [5, 5.41) is 11.3. The normalized spacial score (nSPS) is 26.4. The summed E-state index contributed by atoms with van der Waals surface area (Å²) >= 11 is 1.72. The van der Waals surface area contributed by atoms with Gasteiger partial charge in [0.1, 0.15) is 0 Å². The number of carbonyl (C=O) groups excluding carboxylic acids is 1. The summed E-state index contributed by atoms with van der Waals surface area (Å²) in [6, 6.07) is 0. The second-order valence-electron chi connectivity index (χ2n) is 5.72. The predicted molar refractivity (Wildman–Crippen MR) is 78.3 cm³/mol. The van der Waals surface area contributed by atoms with Crippen LogP contribution < -0.4 is 0 Å². The molecular formula is C15H21NO3S. The van der Waals surface area contributed by atoms with E-state index in [-0.39, 0.29) is 24.7 Å². The predicted octanol–water partition coefficient (Wildman–Crippen LogP) is 1.85. The zero-order valence-corrected chi connectivity index (χ0v) is 12.6. The maximum atomic E-state index is 12.7. The number of ether oxygens (including phenoxy) is 1. The molecule has 3 rings (SSSR count). The molecule has 1 aromatic rings. The fourth-order valence-electron chi connectivity index (χ4n) is 3.16. The molecule has 20 heavy (non-hydrogen) atoms. The van der Waals surface area contributed by atoms with Crippen molar-refractivity contribution in [3.8, 4) is 0 Å². The summed E-state index contributed by atoms with van der Waals surface area (Å²) in [6.45, 7) is 3.02. The third-order valence-corrected chi connectivity index (χ3v) is 5.20. The van der Waals surface area contributed by atoms with Gasteiger partial charge in [0.15, 0.2) is 0 Å². The van der Waals surface area contributed by atoms with Crippen LogP contribution in [0.4, 0.5) is 0 Å². The number of fused-ring (bicyclic) bond motifs is 1. The Hall–Kier alpha value is -0.910. The summed E-state index contributed by atoms with van der Waals surface area (Å²) in [7, 11) is 0. The SMILES string of the molecule is CC1CN(C(=O)c2csc3c2CCCC3)CC(CO)O1. The second kappa shape index (κ2) is 5.84. The highest BCUT2D eigenvalue weighted by Crippen LogP contribution is 2.31. The van der Waals surface area contributed by atoms with Crippen LogP contribution in [0, 0.1) is 0 Å². The lowest BCUT2D eigenvalue weighted by Crippen LogP contribution is -2.50. The number of morpholine rings is 1. The fourth-order valence-corrected chi connectivity index (χ4v) is 4.28. The molecule has 0 radical (unpaired) electrons. The summed E-state index contributed by atoms with van der Waals surface area (Å²) in [5.41, 5.74) is 2.15. The Labute approximate surface area is 123 Å². The van der Waals surface area contributed by atoms with Gasteiger partial charge < -0.3 is 14.7 Å². The molecule has 5 heteroatoms. The van der Waals surface area contributed by atoms with Crippen LogP contribution in [0.25, 0.3) is 0 Å². The first kappa shape index (κ1) is 14.0. The van der Waals surface area contributed by atoms with E-state index in [1.54, 1.807) is 11.3 Å². The van der Waals surface area contributed by atoms with Gasteiger partial charge in [0.2, 0.25) is 0 Å². The third-order valence-electron chi connectivity index (χ3n) is 4.11. The van der Waals surface area contributed by atoms with Gasteiger partial charge in [0.05, 0.1) is 24.4 Å². The number of thiophene rings is 1. The van der Waals surface area contributed by atoms with Crippen LogP contribution in [-0.2, 0) is 17.6 Å². The first-order valence-electron chi connectivity index (χ1n) is 7.34. The van der Waals surface area contributed by atoms with Crippen molar-refractivity contribution < 1.29 is 14.6 Å². The minimum atomic E-state index is -0.253. The summed E-state index contributed by atoms with van der Waals surface area (Å²) in [4.78, 5) is 16.0. The van der Waals surface area contributed by atoms with Gasteiger partial charge in [-0.15, -0.1) is 11.3 Å². The molecule has 2 heterocycles. The zero-order chi connectivity index (χ0) is 14.1. The molecule has 4 nitrogen and oxygen atoms in total. The molecule has 0 saturated carbocycles. The van der Waals surface area contributed by atoms with Crippen molar-refractivity contribution in [3.05, 3.63) is 21.4 Å². The standard InChI is InChI=1S/C15H21NO3S/c1-10-6-16(7-11(8-17)19-10)15(18)13-9-20-14-5-3-2-4-12(13)14/h9-11,17H,2-8H2,1H3. The van der Waals surface area contributed by atoms with Crippen molar-refractivity contribution in [2.24, 2.45) is 0 Å². The lowest BCUT2D eigenvalue weighted by atomic mass is 9.95. The molecule has 2 aliphatic rings. The molecule has 0 spiro atoms. The molecule has 2 unspecified atom stereocenters. The molecule has 1 saturated heterocycles. The monoisotopic (exact) mass is 295 g/mol. The fraction of sp³-hybridized carbons (Fsp3) is 0.667. The largest absolute Gasteiger partial charge is 0.394 e. The van der Waals surface area contributed by atoms with Crippen molar-refractivity contribution in [3.63, 3.8) is 0 Å². The van der Waals surface area contributed by atoms with Gasteiger partial charge in [-0.1, -0.05) is 0 Å². The highest BCUT2D eigenvalue weighted by molar-refractivity contribution is 7.10. The lowest BCUT2D eigenvalue weighted by Gasteiger charge is -2.36. The Kier molecular flexibility index (Phi) is 4.10. The van der Waals surface area contributed by atoms with E-state index in [2.05, 4.69) is 0 Å². The molecular weight excluding hydrogens is 274 g/mol. The number of hydrogen-bond acceptors (Lipinski definition) is 4. The molecule has 1 aliphatic carbocycles. The van der Waals surface area contributed by atoms with Gasteiger partial charge in [0.25, 0.3) is 5.91 Å². The smallest absolute Gasteiger partial charge is 0.255 e. The quantitative estimate of drug-likeness (QED) is 0.906. The van der Waals surface area contributed by atoms with Crippen LogP contribution in [0.5, 0.6) is 0 Å². The number of carbonyl (C=O) groups is 1. The van der Waals surface area contributed by atoms with Crippen LogP contribution in [0.15, 0.2) is 5.38 Å². The Balaban J connectivity index is 1.80. The second-order valence-corrected chi connectivity index (χ2v) is 6.68. The summed E-state index contributed by atoms with van der Waals surface area (Å²) in [6.07, 6.45) is 4.30. The van der Waals surface area contributed by atoms with Crippen molar-refractivity contribution in [1.82, 2.24) is 4.90 Å². The van der Waals surface area contributed by atoms with E-state index < -0.39 is 0 Å². The molecule has 1 amide bonds. The number of hydrogen-bond donors (Lipinski definition) is 1. The first-order valence-corrected chi connectivity index (χ1v) is 8.22. The van der Waals surface area contributed by atoms with E-state index in [0.717, 1.165) is 18.4 Å². The Morgan fingerprint density at radius 1 is 1.45 bits per heavy atom. The molecule has 1 aromatic heterocycles. The van der Waals surface area contributed by atoms with E-state index in [1.807, 2.05) is 17.2 Å². The van der Waals surface area contributed by atoms with E-state index in [1.165, 1.54) is 23.3 Å². The van der Waals surface area contributed by atoms with Gasteiger partial charge >= 0.3 is 0 Å². The van der Waals surface area contributed by atoms with E-state index in [4.69, 9.17) is 4.74 Å². The molecule has 1 fully saturated rings. The van der Waals surface area contributed by atoms with Crippen LogP contribution in [0.1, 0.15) is 40.6 Å². The number of aliphatic hydroxyl groups excluding tert-OH is 1. The average molecular weight is 295 g/mol. The molecule has 0 aromatic carbocycles. The van der Waals surface area contributed by atoms with Gasteiger partial charge in [-0.3, -0.25) is 4.79 Å². The van der Waals surface area contributed by atoms with Crippen LogP contribution in [0.2, 0.25) is 0 Å². The number of aryl methyl sites for hydroxylation is 1. The first-order chi connectivity index (χ1) is 9.69. The number of aliphatic hydroxyl groups is 1. The topological polar surface area (TPSA) is 49.8 Å². The van der Waals surface area contributed by atoms with E-state index >= 15 is 0 Å². The molecule has 1 aliphatic heterocycles. The molecule has 1 N–H and O–H groups in total. The maximum Gasteiger partial charge on any atom is 0.255 e. The van der Waals surface area contributed by atoms with Gasteiger partial charge in [-0.2, -0.15) is 0 Å². The van der Waals surface area contributed by atoms with Gasteiger partial charge in [-0.25, -0.2) is 0 Å². The highest BCUT2D eigenvalue weighted by Gasteiger charge is 2.30. The number of rotatable bonds is 2. The Morgan fingerprint density at radius 2 is 2.25 bits per heavy atom. The average Bonchev–Trinajstić information content (AvgIpc) is 2.89. The third kappa shape index (κ3) is 2.62. The number of amides is 1. The molecule has 110 valence electrons. The van der Waals surface area contributed by atoms with Crippen LogP contribution >= 0.6 is 11.3 Å². The minimum absolute atomic E-state index is 0.0145.